The van der Waals surface area contributed by atoms with Crippen molar-refractivity contribution in [3.05, 3.63) is 11.6 Å². The van der Waals surface area contributed by atoms with Crippen LogP contribution in [0.25, 0.3) is 0 Å². The van der Waals surface area contributed by atoms with Gasteiger partial charge in [0.1, 0.15) is 0 Å². The van der Waals surface area contributed by atoms with Crippen LogP contribution in [0.1, 0.15) is 26.7 Å². The van der Waals surface area contributed by atoms with Gasteiger partial charge in [-0.05, 0) is 13.3 Å². The molecule has 0 fully saturated rings. The number of unbranched alkanes of at least 4 members (excludes halogenated alkanes) is 1. The van der Waals surface area contributed by atoms with Crippen LogP contribution in [0.5, 0.6) is 0 Å². The van der Waals surface area contributed by atoms with Crippen molar-refractivity contribution < 1.29 is 24.5 Å². The van der Waals surface area contributed by atoms with Crippen LogP contribution >= 0.6 is 0 Å². The molecule has 0 aliphatic heterocycles. The quantitative estimate of drug-likeness (QED) is 0.388. The van der Waals surface area contributed by atoms with Crippen LogP contribution < -0.4 is 0 Å². The summed E-state index contributed by atoms with van der Waals surface area (Å²) in [6, 6.07) is 0. The van der Waals surface area contributed by atoms with Crippen molar-refractivity contribution in [2.75, 3.05) is 6.61 Å². The topological polar surface area (TPSA) is 83.8 Å². The van der Waals surface area contributed by atoms with Gasteiger partial charge in [0, 0.05) is 6.08 Å². The molecule has 5 nitrogen and oxygen atoms in total. The Balaban J connectivity index is 4.38. The number of carboxylic acids is 1. The van der Waals surface area contributed by atoms with Crippen molar-refractivity contribution >= 4 is 11.9 Å². The monoisotopic (exact) mass is 216 g/mol. The number of aliphatic hydroxyl groups excluding tert-OH is 1. The average Bonchev–Trinajstić information content (AvgIpc) is 2.13. The highest BCUT2D eigenvalue weighted by molar-refractivity contribution is 5.96. The number of aliphatic hydroxyl groups is 1. The maximum Gasteiger partial charge on any atom is 0.336 e. The summed E-state index contributed by atoms with van der Waals surface area (Å²) in [4.78, 5) is 21.6. The number of hydrogen-bond acceptors (Lipinski definition) is 4. The lowest BCUT2D eigenvalue weighted by Gasteiger charge is -2.09. The third-order valence-electron chi connectivity index (χ3n) is 1.70. The fraction of sp³-hybridized carbons (Fsp3) is 0.600. The number of esters is 1. The van der Waals surface area contributed by atoms with Crippen molar-refractivity contribution in [2.24, 2.45) is 0 Å². The smallest absolute Gasteiger partial charge is 0.336 e. The molecule has 0 radical (unpaired) electrons. The first-order chi connectivity index (χ1) is 6.99. The van der Waals surface area contributed by atoms with Gasteiger partial charge in [0.25, 0.3) is 0 Å². The van der Waals surface area contributed by atoms with Crippen LogP contribution in [0, 0.1) is 0 Å². The Morgan fingerprint density at radius 3 is 2.47 bits per heavy atom. The van der Waals surface area contributed by atoms with Gasteiger partial charge in [-0.15, -0.1) is 0 Å². The summed E-state index contributed by atoms with van der Waals surface area (Å²) in [5, 5.41) is 17.6. The number of ether oxygens (including phenoxy) is 1. The highest BCUT2D eigenvalue weighted by Crippen LogP contribution is 2.05. The van der Waals surface area contributed by atoms with E-state index in [2.05, 4.69) is 0 Å². The minimum Gasteiger partial charge on any atom is -0.478 e. The summed E-state index contributed by atoms with van der Waals surface area (Å²) >= 11 is 0. The van der Waals surface area contributed by atoms with Gasteiger partial charge in [0.15, 0.2) is 0 Å². The maximum absolute atomic E-state index is 11.3. The van der Waals surface area contributed by atoms with E-state index in [4.69, 9.17) is 14.9 Å². The predicted molar refractivity (Wildman–Crippen MR) is 53.3 cm³/mol. The normalized spacial score (nSPS) is 13.4. The number of carboxylic acid groups (broad SMARTS) is 1. The van der Waals surface area contributed by atoms with E-state index in [0.29, 0.717) is 12.5 Å². The molecule has 0 aromatic heterocycles. The van der Waals surface area contributed by atoms with E-state index in [9.17, 15) is 9.59 Å². The van der Waals surface area contributed by atoms with Crippen LogP contribution in [0.15, 0.2) is 11.6 Å². The molecule has 0 rings (SSSR count). The maximum atomic E-state index is 11.3. The van der Waals surface area contributed by atoms with Gasteiger partial charge < -0.3 is 14.9 Å². The van der Waals surface area contributed by atoms with Gasteiger partial charge in [-0.1, -0.05) is 13.3 Å². The molecule has 0 heterocycles. The SMILES string of the molecule is CCCCOC(=O)C(=CC(=O)O)C(C)O. The van der Waals surface area contributed by atoms with Gasteiger partial charge >= 0.3 is 11.9 Å². The highest BCUT2D eigenvalue weighted by Gasteiger charge is 2.17. The molecule has 0 aromatic carbocycles. The molecule has 15 heavy (non-hydrogen) atoms. The second kappa shape index (κ2) is 7.00. The zero-order valence-electron chi connectivity index (χ0n) is 8.90. The van der Waals surface area contributed by atoms with Gasteiger partial charge in [-0.3, -0.25) is 0 Å². The van der Waals surface area contributed by atoms with E-state index in [0.717, 1.165) is 6.42 Å². The molecular formula is C10H16O5. The Labute approximate surface area is 88.4 Å². The van der Waals surface area contributed by atoms with Crippen LogP contribution in [-0.4, -0.2) is 34.9 Å². The molecule has 1 atom stereocenters. The lowest BCUT2D eigenvalue weighted by molar-refractivity contribution is -0.141. The molecule has 0 aromatic rings. The molecule has 86 valence electrons. The Bertz CT molecular complexity index is 255. The summed E-state index contributed by atoms with van der Waals surface area (Å²) in [5.74, 6) is -2.06. The van der Waals surface area contributed by atoms with Gasteiger partial charge in [-0.2, -0.15) is 0 Å². The van der Waals surface area contributed by atoms with E-state index in [1.165, 1.54) is 6.92 Å². The Kier molecular flexibility index (Phi) is 6.37. The van der Waals surface area contributed by atoms with E-state index in [1.807, 2.05) is 6.92 Å². The largest absolute Gasteiger partial charge is 0.478 e. The van der Waals surface area contributed by atoms with Crippen LogP contribution in [0.3, 0.4) is 0 Å². The zero-order valence-corrected chi connectivity index (χ0v) is 8.90. The number of aliphatic carboxylic acids is 1. The van der Waals surface area contributed by atoms with Crippen molar-refractivity contribution in [3.8, 4) is 0 Å². The van der Waals surface area contributed by atoms with E-state index >= 15 is 0 Å². The van der Waals surface area contributed by atoms with Crippen molar-refractivity contribution in [1.29, 1.82) is 0 Å². The molecule has 5 heteroatoms. The third kappa shape index (κ3) is 5.85. The second-order valence-corrected chi connectivity index (χ2v) is 3.10. The lowest BCUT2D eigenvalue weighted by atomic mass is 10.1. The number of carbonyl (C=O) groups is 2. The first-order valence-electron chi connectivity index (χ1n) is 4.78. The van der Waals surface area contributed by atoms with E-state index in [-0.39, 0.29) is 12.2 Å². The van der Waals surface area contributed by atoms with Crippen LogP contribution in [0.4, 0.5) is 0 Å². The number of hydrogen-bond donors (Lipinski definition) is 2. The number of rotatable bonds is 6. The highest BCUT2D eigenvalue weighted by atomic mass is 16.5. The predicted octanol–water partition coefficient (Wildman–Crippen LogP) is 0.722. The minimum absolute atomic E-state index is 0.235. The van der Waals surface area contributed by atoms with E-state index < -0.39 is 18.0 Å². The fourth-order valence-corrected chi connectivity index (χ4v) is 0.876. The van der Waals surface area contributed by atoms with Crippen LogP contribution in [0.2, 0.25) is 0 Å². The van der Waals surface area contributed by atoms with Crippen molar-refractivity contribution in [1.82, 2.24) is 0 Å². The molecule has 0 saturated heterocycles. The first kappa shape index (κ1) is 13.6. The molecule has 0 amide bonds. The van der Waals surface area contributed by atoms with Gasteiger partial charge in [0.2, 0.25) is 0 Å². The number of carbonyl (C=O) groups excluding carboxylic acids is 1. The molecule has 0 aliphatic carbocycles. The average molecular weight is 216 g/mol. The third-order valence-corrected chi connectivity index (χ3v) is 1.70. The second-order valence-electron chi connectivity index (χ2n) is 3.10. The van der Waals surface area contributed by atoms with Crippen molar-refractivity contribution in [3.63, 3.8) is 0 Å². The van der Waals surface area contributed by atoms with Gasteiger partial charge in [0.05, 0.1) is 18.3 Å². The Hall–Kier alpha value is -1.36. The first-order valence-corrected chi connectivity index (χ1v) is 4.78. The van der Waals surface area contributed by atoms with Gasteiger partial charge in [-0.25, -0.2) is 9.59 Å². The minimum atomic E-state index is -1.28. The molecule has 0 aliphatic rings. The zero-order chi connectivity index (χ0) is 11.8. The summed E-state index contributed by atoms with van der Waals surface area (Å²) in [6.07, 6.45) is 1.11. The molecule has 0 spiro atoms. The lowest BCUT2D eigenvalue weighted by Crippen LogP contribution is -2.19. The fourth-order valence-electron chi connectivity index (χ4n) is 0.876. The molecular weight excluding hydrogens is 200 g/mol. The molecule has 2 N–H and O–H groups in total. The summed E-state index contributed by atoms with van der Waals surface area (Å²) in [5.41, 5.74) is -0.237. The molecule has 0 bridgehead atoms. The Morgan fingerprint density at radius 2 is 2.07 bits per heavy atom. The van der Waals surface area contributed by atoms with Crippen molar-refractivity contribution in [2.45, 2.75) is 32.8 Å². The van der Waals surface area contributed by atoms with E-state index in [1.54, 1.807) is 0 Å². The summed E-state index contributed by atoms with van der Waals surface area (Å²) < 4.78 is 4.78. The Morgan fingerprint density at radius 1 is 1.47 bits per heavy atom. The van der Waals surface area contributed by atoms with Crippen LogP contribution in [-0.2, 0) is 14.3 Å². The summed E-state index contributed by atoms with van der Waals surface area (Å²) in [7, 11) is 0. The summed E-state index contributed by atoms with van der Waals surface area (Å²) in [6.45, 7) is 3.49. The molecule has 0 saturated carbocycles. The standard InChI is InChI=1S/C10H16O5/c1-3-4-5-15-10(14)8(7(2)11)6-9(12)13/h6-7,11H,3-5H2,1-2H3,(H,12,13). The molecule has 1 unspecified atom stereocenters.